The fraction of sp³-hybridized carbons (Fsp3) is 1.00. The molecular weight excluding hydrogens is 464 g/mol. The largest absolute Gasteiger partial charge is 0.691 e. The van der Waals surface area contributed by atoms with E-state index in [1.807, 2.05) is 0 Å². The quantitative estimate of drug-likeness (QED) is 0.0907. The van der Waals surface area contributed by atoms with Crippen LogP contribution in [0.1, 0.15) is 77.6 Å². The average molecular weight is 493 g/mol. The van der Waals surface area contributed by atoms with E-state index in [1.54, 1.807) is 0 Å². The molecule has 0 heterocycles. The van der Waals surface area contributed by atoms with E-state index in [0.29, 0.717) is 12.8 Å². The zero-order chi connectivity index (χ0) is 23.3. The Hall–Kier alpha value is -0.280. The molecule has 182 valence electrons. The lowest BCUT2D eigenvalue weighted by atomic mass is 10.1. The van der Waals surface area contributed by atoms with E-state index in [9.17, 15) is 40.0 Å². The second-order valence-electron chi connectivity index (χ2n) is 6.76. The molecule has 0 unspecified atom stereocenters. The highest BCUT2D eigenvalue weighted by molar-refractivity contribution is 7.95. The molecule has 0 aliphatic heterocycles. The highest BCUT2D eigenvalue weighted by atomic mass is 32.2. The van der Waals surface area contributed by atoms with E-state index in [1.165, 1.54) is 30.4 Å². The number of halogens is 6. The van der Waals surface area contributed by atoms with Gasteiger partial charge in [0.05, 0.1) is 0 Å². The molecule has 0 saturated heterocycles. The summed E-state index contributed by atoms with van der Waals surface area (Å²) in [6.45, 7) is 1.52. The van der Waals surface area contributed by atoms with Crippen LogP contribution in [0.2, 0.25) is 0 Å². The van der Waals surface area contributed by atoms with Crippen molar-refractivity contribution in [3.05, 3.63) is 0 Å². The van der Waals surface area contributed by atoms with Crippen molar-refractivity contribution in [2.45, 2.75) is 94.0 Å². The Balaban J connectivity index is 4.32. The molecule has 0 rings (SSSR count). The maximum absolute atomic E-state index is 13.7. The molecule has 0 aromatic carbocycles. The Labute approximate surface area is 177 Å². The van der Waals surface area contributed by atoms with Gasteiger partial charge in [-0.15, -0.1) is 0 Å². The van der Waals surface area contributed by atoms with Crippen LogP contribution < -0.4 is 9.98 Å². The minimum atomic E-state index is -6.38. The molecule has 0 radical (unpaired) electrons. The minimum Gasteiger partial charge on any atom is -0.691 e. The average Bonchev–Trinajstić information content (AvgIpc) is 2.66. The van der Waals surface area contributed by atoms with Crippen LogP contribution >= 0.6 is 12.0 Å². The molecule has 0 bridgehead atoms. The first-order valence-electron chi connectivity index (χ1n) is 9.64. The number of unbranched alkanes of at least 4 members (excludes halogenated alkanes) is 10. The molecule has 6 nitrogen and oxygen atoms in total. The molecule has 0 fully saturated rings. The summed E-state index contributed by atoms with van der Waals surface area (Å²) in [4.78, 5) is 0. The molecule has 0 aliphatic rings. The highest BCUT2D eigenvalue weighted by Crippen LogP contribution is 2.53. The maximum atomic E-state index is 13.7. The molecule has 1 N–H and O–H groups in total. The number of alkyl halides is 6. The number of hydrogen-bond donors (Lipinski definition) is 1. The summed E-state index contributed by atoms with van der Waals surface area (Å²) < 4.78 is 108. The standard InChI is InChI=1S/C16H29F6NO5S2/c1-2-3-4-5-6-7-8-9-10-11-12-13-23-30(25,26)16(21,22)14(17,18)15(19,20)29-28-27-24/h23-24H,2-13H2,1H3/p-1. The molecule has 0 saturated carbocycles. The SMILES string of the molecule is CCCCCCCCCCCCCNS(=O)(=O)C(F)(F)C(F)(F)C(F)(F)SOO[O-]. The van der Waals surface area contributed by atoms with Gasteiger partial charge in [0.1, 0.15) is 12.0 Å². The summed E-state index contributed by atoms with van der Waals surface area (Å²) in [7, 11) is -6.14. The number of hydrogen-bond acceptors (Lipinski definition) is 6. The molecule has 30 heavy (non-hydrogen) atoms. The van der Waals surface area contributed by atoms with Crippen LogP contribution in [-0.4, -0.2) is 31.4 Å². The van der Waals surface area contributed by atoms with Crippen LogP contribution in [0.3, 0.4) is 0 Å². The van der Waals surface area contributed by atoms with Crippen LogP contribution in [0.15, 0.2) is 0 Å². The Morgan fingerprint density at radius 2 is 1.27 bits per heavy atom. The first kappa shape index (κ1) is 29.7. The second kappa shape index (κ2) is 14.0. The smallest absolute Gasteiger partial charge is 0.427 e. The van der Waals surface area contributed by atoms with Gasteiger partial charge in [0.15, 0.2) is 0 Å². The van der Waals surface area contributed by atoms with Gasteiger partial charge in [-0.25, -0.2) is 13.1 Å². The summed E-state index contributed by atoms with van der Waals surface area (Å²) >= 11 is -1.72. The van der Waals surface area contributed by atoms with Crippen molar-refractivity contribution in [2.75, 3.05) is 6.54 Å². The lowest BCUT2D eigenvalue weighted by Crippen LogP contribution is -2.59. The Morgan fingerprint density at radius 1 is 0.833 bits per heavy atom. The number of rotatable bonds is 19. The molecule has 0 atom stereocenters. The van der Waals surface area contributed by atoms with Crippen LogP contribution in [0.4, 0.5) is 26.3 Å². The van der Waals surface area contributed by atoms with Gasteiger partial charge >= 0.3 is 16.4 Å². The van der Waals surface area contributed by atoms with Gasteiger partial charge in [-0.3, -0.25) is 5.04 Å². The lowest BCUT2D eigenvalue weighted by molar-refractivity contribution is -0.777. The fourth-order valence-electron chi connectivity index (χ4n) is 2.53. The van der Waals surface area contributed by atoms with Crippen molar-refractivity contribution in [3.8, 4) is 0 Å². The first-order valence-corrected chi connectivity index (χ1v) is 11.9. The zero-order valence-corrected chi connectivity index (χ0v) is 18.2. The first-order chi connectivity index (χ1) is 13.9. The third-order valence-corrected chi connectivity index (χ3v) is 6.41. The number of nitrogens with one attached hydrogen (secondary N) is 1. The molecule has 0 aromatic rings. The lowest BCUT2D eigenvalue weighted by Gasteiger charge is -2.30. The van der Waals surface area contributed by atoms with Crippen molar-refractivity contribution in [3.63, 3.8) is 0 Å². The summed E-state index contributed by atoms with van der Waals surface area (Å²) in [6.07, 6.45) is 10.00. The van der Waals surface area contributed by atoms with Gasteiger partial charge < -0.3 is 5.26 Å². The maximum Gasteiger partial charge on any atom is 0.427 e. The summed E-state index contributed by atoms with van der Waals surface area (Å²) in [5.74, 6) is -6.38. The van der Waals surface area contributed by atoms with E-state index in [0.717, 1.165) is 25.7 Å². The van der Waals surface area contributed by atoms with Crippen LogP contribution in [0.5, 0.6) is 0 Å². The third kappa shape index (κ3) is 9.07. The van der Waals surface area contributed by atoms with Gasteiger partial charge in [-0.1, -0.05) is 71.1 Å². The molecule has 0 amide bonds. The molecule has 0 spiro atoms. The van der Waals surface area contributed by atoms with Gasteiger partial charge in [-0.2, -0.15) is 30.7 Å². The van der Waals surface area contributed by atoms with Crippen molar-refractivity contribution in [1.82, 2.24) is 4.72 Å². The third-order valence-electron chi connectivity index (χ3n) is 4.31. The van der Waals surface area contributed by atoms with Gasteiger partial charge in [0.2, 0.25) is 0 Å². The Bertz CT molecular complexity index is 566. The van der Waals surface area contributed by atoms with Gasteiger partial charge in [0, 0.05) is 6.54 Å². The zero-order valence-electron chi connectivity index (χ0n) is 16.6. The van der Waals surface area contributed by atoms with Crippen molar-refractivity contribution in [2.24, 2.45) is 0 Å². The van der Waals surface area contributed by atoms with E-state index in [4.69, 9.17) is 0 Å². The van der Waals surface area contributed by atoms with Crippen LogP contribution in [0, 0.1) is 0 Å². The normalized spacial score (nSPS) is 13.7. The van der Waals surface area contributed by atoms with E-state index >= 15 is 0 Å². The van der Waals surface area contributed by atoms with Gasteiger partial charge in [0.25, 0.3) is 10.0 Å². The van der Waals surface area contributed by atoms with E-state index < -0.39 is 45.0 Å². The van der Waals surface area contributed by atoms with Crippen LogP contribution in [0.25, 0.3) is 0 Å². The molecule has 0 aliphatic carbocycles. The van der Waals surface area contributed by atoms with Crippen LogP contribution in [-0.2, 0) is 19.4 Å². The summed E-state index contributed by atoms with van der Waals surface area (Å²) in [5, 5.41) is -0.0646. The minimum absolute atomic E-state index is 0.0790. The summed E-state index contributed by atoms with van der Waals surface area (Å²) in [5.41, 5.74) is 0. The summed E-state index contributed by atoms with van der Waals surface area (Å²) in [6, 6.07) is 0. The van der Waals surface area contributed by atoms with Crippen molar-refractivity contribution >= 4 is 22.1 Å². The predicted molar refractivity (Wildman–Crippen MR) is 98.0 cm³/mol. The van der Waals surface area contributed by atoms with Gasteiger partial charge in [-0.05, 0) is 6.42 Å². The topological polar surface area (TPSA) is 87.7 Å². The van der Waals surface area contributed by atoms with E-state index in [-0.39, 0.29) is 6.42 Å². The van der Waals surface area contributed by atoms with Crippen molar-refractivity contribution in [1.29, 1.82) is 0 Å². The Morgan fingerprint density at radius 3 is 1.70 bits per heavy atom. The second-order valence-corrected chi connectivity index (χ2v) is 9.38. The highest BCUT2D eigenvalue weighted by Gasteiger charge is 2.78. The van der Waals surface area contributed by atoms with E-state index in [2.05, 4.69) is 16.3 Å². The molecule has 14 heteroatoms. The number of sulfonamides is 1. The molecular formula is C16H28F6NO5S2-. The predicted octanol–water partition coefficient (Wildman–Crippen LogP) is 4.91. The Kier molecular flexibility index (Phi) is 13.9. The monoisotopic (exact) mass is 492 g/mol. The molecule has 0 aromatic heterocycles. The fourth-order valence-corrected chi connectivity index (χ4v) is 4.00. The van der Waals surface area contributed by atoms with Crippen molar-refractivity contribution < 1.29 is 49.4 Å².